The zero-order valence-corrected chi connectivity index (χ0v) is 12.5. The van der Waals surface area contributed by atoms with E-state index in [9.17, 15) is 26.4 Å². The van der Waals surface area contributed by atoms with Crippen molar-refractivity contribution in [2.45, 2.75) is 24.9 Å². The fraction of sp³-hybridized carbons (Fsp3) is 0.333. The van der Waals surface area contributed by atoms with Crippen molar-refractivity contribution >= 4 is 21.7 Å². The Kier molecular flexibility index (Phi) is 5.53. The molecule has 0 amide bonds. The molecule has 122 valence electrons. The van der Waals surface area contributed by atoms with Crippen molar-refractivity contribution in [3.8, 4) is 0 Å². The molecular weight excluding hydrogens is 325 g/mol. The van der Waals surface area contributed by atoms with Crippen molar-refractivity contribution in [3.63, 3.8) is 0 Å². The molecule has 0 atom stereocenters. The summed E-state index contributed by atoms with van der Waals surface area (Å²) in [5, 5.41) is 2.66. The Balaban J connectivity index is 3.08. The highest BCUT2D eigenvalue weighted by atomic mass is 32.2. The average Bonchev–Trinajstić information content (AvgIpc) is 2.38. The van der Waals surface area contributed by atoms with Gasteiger partial charge in [0.05, 0.1) is 11.5 Å². The molecule has 1 aromatic rings. The summed E-state index contributed by atoms with van der Waals surface area (Å²) < 4.78 is 65.8. The van der Waals surface area contributed by atoms with Gasteiger partial charge >= 0.3 is 12.1 Å². The predicted octanol–water partition coefficient (Wildman–Crippen LogP) is 1.75. The number of sulfonamides is 1. The van der Waals surface area contributed by atoms with Gasteiger partial charge in [-0.3, -0.25) is 0 Å². The number of aryl methyl sites for hydroxylation is 1. The van der Waals surface area contributed by atoms with Crippen LogP contribution in [0.25, 0.3) is 0 Å². The number of benzene rings is 1. The molecule has 0 aliphatic carbocycles. The summed E-state index contributed by atoms with van der Waals surface area (Å²) in [6, 6.07) is 5.33. The molecular formula is C12H13F3N2O4S. The predicted molar refractivity (Wildman–Crippen MR) is 71.6 cm³/mol. The number of carbonyl (C=O) groups excluding carboxylic acids is 1. The molecule has 0 bridgehead atoms. The third-order valence-corrected chi connectivity index (χ3v) is 3.57. The first-order chi connectivity index (χ1) is 10.1. The van der Waals surface area contributed by atoms with Gasteiger partial charge in [0.15, 0.2) is 0 Å². The first-order valence-electron chi connectivity index (χ1n) is 5.98. The van der Waals surface area contributed by atoms with E-state index in [1.807, 2.05) is 0 Å². The highest BCUT2D eigenvalue weighted by molar-refractivity contribution is 7.89. The fourth-order valence-electron chi connectivity index (χ4n) is 1.30. The van der Waals surface area contributed by atoms with Crippen molar-refractivity contribution in [1.29, 1.82) is 0 Å². The number of esters is 1. The van der Waals surface area contributed by atoms with E-state index in [1.54, 1.807) is 6.92 Å². The zero-order valence-electron chi connectivity index (χ0n) is 11.6. The smallest absolute Gasteiger partial charge is 0.442 e. The Morgan fingerprint density at radius 3 is 2.27 bits per heavy atom. The Morgan fingerprint density at radius 2 is 1.82 bits per heavy atom. The first kappa shape index (κ1) is 18.0. The van der Waals surface area contributed by atoms with E-state index < -0.39 is 27.9 Å². The third-order valence-electron chi connectivity index (χ3n) is 2.35. The molecule has 0 spiro atoms. The van der Waals surface area contributed by atoms with Crippen molar-refractivity contribution < 1.29 is 31.1 Å². The first-order valence-corrected chi connectivity index (χ1v) is 7.46. The van der Waals surface area contributed by atoms with Crippen molar-refractivity contribution in [2.24, 2.45) is 5.10 Å². The molecule has 22 heavy (non-hydrogen) atoms. The van der Waals surface area contributed by atoms with Gasteiger partial charge in [-0.05, 0) is 26.0 Å². The van der Waals surface area contributed by atoms with Gasteiger partial charge in [0.2, 0.25) is 5.71 Å². The van der Waals surface area contributed by atoms with Crippen LogP contribution >= 0.6 is 0 Å². The second kappa shape index (κ2) is 6.77. The number of hydrogen-bond donors (Lipinski definition) is 1. The van der Waals surface area contributed by atoms with Gasteiger partial charge in [0.25, 0.3) is 10.0 Å². The van der Waals surface area contributed by atoms with Gasteiger partial charge < -0.3 is 4.74 Å². The van der Waals surface area contributed by atoms with Gasteiger partial charge in [-0.25, -0.2) is 4.79 Å². The van der Waals surface area contributed by atoms with Gasteiger partial charge in [-0.15, -0.1) is 0 Å². The Labute approximate surface area is 125 Å². The molecule has 0 aliphatic heterocycles. The van der Waals surface area contributed by atoms with Gasteiger partial charge in [-0.1, -0.05) is 17.7 Å². The van der Waals surface area contributed by atoms with E-state index in [0.29, 0.717) is 0 Å². The summed E-state index contributed by atoms with van der Waals surface area (Å²) in [5.41, 5.74) is -1.21. The zero-order chi connectivity index (χ0) is 17.0. The number of halogens is 3. The van der Waals surface area contributed by atoms with Crippen molar-refractivity contribution in [1.82, 2.24) is 4.83 Å². The van der Waals surface area contributed by atoms with Crippen LogP contribution < -0.4 is 4.83 Å². The Bertz CT molecular complexity index is 667. The molecule has 1 aromatic carbocycles. The van der Waals surface area contributed by atoms with E-state index in [1.165, 1.54) is 36.0 Å². The normalized spacial score (nSPS) is 12.9. The number of nitrogens with zero attached hydrogens (tertiary/aromatic N) is 1. The number of nitrogens with one attached hydrogen (secondary N) is 1. The third kappa shape index (κ3) is 4.72. The quantitative estimate of drug-likeness (QED) is 0.504. The molecule has 0 unspecified atom stereocenters. The van der Waals surface area contributed by atoms with Crippen LogP contribution in [0.1, 0.15) is 12.5 Å². The number of hydrogen-bond acceptors (Lipinski definition) is 5. The summed E-state index contributed by atoms with van der Waals surface area (Å²) in [6.45, 7) is 2.71. The minimum absolute atomic E-state index is 0.285. The van der Waals surface area contributed by atoms with E-state index in [0.717, 1.165) is 5.56 Å². The molecule has 0 aromatic heterocycles. The monoisotopic (exact) mass is 338 g/mol. The largest absolute Gasteiger partial charge is 0.461 e. The van der Waals surface area contributed by atoms with E-state index in [-0.39, 0.29) is 11.5 Å². The van der Waals surface area contributed by atoms with E-state index in [4.69, 9.17) is 0 Å². The van der Waals surface area contributed by atoms with Crippen LogP contribution in [0, 0.1) is 6.92 Å². The molecule has 0 saturated carbocycles. The number of alkyl halides is 3. The fourth-order valence-corrected chi connectivity index (χ4v) is 2.11. The number of rotatable bonds is 5. The summed E-state index contributed by atoms with van der Waals surface area (Å²) in [5.74, 6) is -1.76. The van der Waals surface area contributed by atoms with Crippen molar-refractivity contribution in [3.05, 3.63) is 29.8 Å². The van der Waals surface area contributed by atoms with Gasteiger partial charge in [-0.2, -0.15) is 31.5 Å². The average molecular weight is 338 g/mol. The van der Waals surface area contributed by atoms with Gasteiger partial charge in [0.1, 0.15) is 0 Å². The lowest BCUT2D eigenvalue weighted by Crippen LogP contribution is -2.35. The van der Waals surface area contributed by atoms with Crippen LogP contribution in [0.2, 0.25) is 0 Å². The summed E-state index contributed by atoms with van der Waals surface area (Å²) in [6.07, 6.45) is -5.15. The lowest BCUT2D eigenvalue weighted by atomic mass is 10.2. The van der Waals surface area contributed by atoms with Crippen LogP contribution in [0.5, 0.6) is 0 Å². The maximum absolute atomic E-state index is 12.7. The van der Waals surface area contributed by atoms with Crippen LogP contribution in [0.15, 0.2) is 34.3 Å². The number of ether oxygens (including phenoxy) is 1. The molecule has 0 saturated heterocycles. The molecule has 1 N–H and O–H groups in total. The second-order valence-corrected chi connectivity index (χ2v) is 5.75. The van der Waals surface area contributed by atoms with Crippen LogP contribution in [-0.4, -0.2) is 32.9 Å². The number of carbonyl (C=O) groups is 1. The van der Waals surface area contributed by atoms with Crippen LogP contribution in [-0.2, 0) is 19.6 Å². The summed E-state index contributed by atoms with van der Waals surface area (Å²) in [7, 11) is -4.33. The molecule has 0 aliphatic rings. The molecule has 0 radical (unpaired) electrons. The highest BCUT2D eigenvalue weighted by Gasteiger charge is 2.42. The Morgan fingerprint density at radius 1 is 1.27 bits per heavy atom. The number of hydrazone groups is 1. The molecule has 0 heterocycles. The lowest BCUT2D eigenvalue weighted by Gasteiger charge is -2.10. The van der Waals surface area contributed by atoms with Crippen molar-refractivity contribution in [2.75, 3.05) is 6.61 Å². The lowest BCUT2D eigenvalue weighted by molar-refractivity contribution is -0.139. The summed E-state index contributed by atoms with van der Waals surface area (Å²) in [4.78, 5) is 12.3. The second-order valence-electron chi connectivity index (χ2n) is 4.09. The molecule has 0 fully saturated rings. The molecule has 1 rings (SSSR count). The van der Waals surface area contributed by atoms with Crippen LogP contribution in [0.3, 0.4) is 0 Å². The maximum atomic E-state index is 12.7. The minimum Gasteiger partial charge on any atom is -0.461 e. The summed E-state index contributed by atoms with van der Waals surface area (Å²) >= 11 is 0. The molecule has 6 nitrogen and oxygen atoms in total. The maximum Gasteiger partial charge on any atom is 0.442 e. The highest BCUT2D eigenvalue weighted by Crippen LogP contribution is 2.18. The van der Waals surface area contributed by atoms with E-state index in [2.05, 4.69) is 9.84 Å². The minimum atomic E-state index is -5.15. The van der Waals surface area contributed by atoms with Gasteiger partial charge in [0, 0.05) is 0 Å². The van der Waals surface area contributed by atoms with E-state index >= 15 is 0 Å². The SMILES string of the molecule is CCOC(=O)C(=NNS(=O)(=O)c1ccc(C)cc1)C(F)(F)F. The topological polar surface area (TPSA) is 84.8 Å². The standard InChI is InChI=1S/C12H13F3N2O4S/c1-3-21-11(18)10(12(13,14)15)16-17-22(19,20)9-6-4-8(2)5-7-9/h4-7,17H,3H2,1-2H3. The van der Waals surface area contributed by atoms with Crippen LogP contribution in [0.4, 0.5) is 13.2 Å². The molecule has 10 heteroatoms. The Hall–Kier alpha value is -2.10.